The van der Waals surface area contributed by atoms with Crippen LogP contribution >= 0.6 is 11.3 Å². The lowest BCUT2D eigenvalue weighted by molar-refractivity contribution is 0.103. The van der Waals surface area contributed by atoms with Gasteiger partial charge in [0.1, 0.15) is 15.6 Å². The van der Waals surface area contributed by atoms with Gasteiger partial charge in [0.25, 0.3) is 5.91 Å². The Kier molecular flexibility index (Phi) is 7.19. The molecule has 1 aliphatic rings. The SMILES string of the molecule is CCOc1ccc(-c2nc(C)c(C(=O)Nc3ccc(CN4CCN(C)CC4)cc3)s2)cc1. The number of nitrogens with zero attached hydrogens (tertiary/aromatic N) is 3. The predicted octanol–water partition coefficient (Wildman–Crippen LogP) is 4.52. The van der Waals surface area contributed by atoms with Crippen LogP contribution in [0, 0.1) is 6.92 Å². The molecule has 1 fully saturated rings. The van der Waals surface area contributed by atoms with E-state index in [0.29, 0.717) is 11.5 Å². The van der Waals surface area contributed by atoms with Gasteiger partial charge in [-0.3, -0.25) is 9.69 Å². The predicted molar refractivity (Wildman–Crippen MR) is 131 cm³/mol. The fourth-order valence-electron chi connectivity index (χ4n) is 3.74. The van der Waals surface area contributed by atoms with Crippen LogP contribution in [-0.2, 0) is 6.54 Å². The van der Waals surface area contributed by atoms with Crippen LogP contribution in [0.3, 0.4) is 0 Å². The van der Waals surface area contributed by atoms with Crippen LogP contribution in [-0.4, -0.2) is 60.5 Å². The van der Waals surface area contributed by atoms with Crippen LogP contribution in [0.15, 0.2) is 48.5 Å². The normalized spacial score (nSPS) is 15.0. The Labute approximate surface area is 193 Å². The first-order valence-electron chi connectivity index (χ1n) is 11.0. The van der Waals surface area contributed by atoms with E-state index in [1.807, 2.05) is 50.2 Å². The number of aromatic nitrogens is 1. The van der Waals surface area contributed by atoms with Gasteiger partial charge in [0, 0.05) is 44.0 Å². The molecular formula is C25H30N4O2S. The van der Waals surface area contributed by atoms with Gasteiger partial charge in [0.15, 0.2) is 0 Å². The van der Waals surface area contributed by atoms with Gasteiger partial charge in [-0.05, 0) is 62.9 Å². The summed E-state index contributed by atoms with van der Waals surface area (Å²) in [6.07, 6.45) is 0. The molecular weight excluding hydrogens is 420 g/mol. The van der Waals surface area contributed by atoms with E-state index in [1.54, 1.807) is 0 Å². The number of thiazole rings is 1. The van der Waals surface area contributed by atoms with Gasteiger partial charge in [-0.2, -0.15) is 0 Å². The summed E-state index contributed by atoms with van der Waals surface area (Å²) in [6.45, 7) is 9.83. The highest BCUT2D eigenvalue weighted by molar-refractivity contribution is 7.17. The lowest BCUT2D eigenvalue weighted by Crippen LogP contribution is -2.43. The quantitative estimate of drug-likeness (QED) is 0.574. The number of ether oxygens (including phenoxy) is 1. The Morgan fingerprint density at radius 2 is 1.75 bits per heavy atom. The summed E-state index contributed by atoms with van der Waals surface area (Å²) in [5, 5.41) is 3.85. The topological polar surface area (TPSA) is 57.7 Å². The van der Waals surface area contributed by atoms with Crippen molar-refractivity contribution in [1.82, 2.24) is 14.8 Å². The highest BCUT2D eigenvalue weighted by atomic mass is 32.1. The molecule has 1 aromatic heterocycles. The maximum absolute atomic E-state index is 12.9. The number of hydrogen-bond acceptors (Lipinski definition) is 6. The smallest absolute Gasteiger partial charge is 0.267 e. The number of nitrogens with one attached hydrogen (secondary N) is 1. The molecule has 0 aliphatic carbocycles. The van der Waals surface area contributed by atoms with Gasteiger partial charge in [-0.25, -0.2) is 4.98 Å². The van der Waals surface area contributed by atoms with Gasteiger partial charge in [-0.1, -0.05) is 12.1 Å². The molecule has 0 unspecified atom stereocenters. The van der Waals surface area contributed by atoms with E-state index in [4.69, 9.17) is 4.74 Å². The first-order valence-corrected chi connectivity index (χ1v) is 11.9. The molecule has 168 valence electrons. The van der Waals surface area contributed by atoms with Crippen LogP contribution in [0.25, 0.3) is 10.6 Å². The Morgan fingerprint density at radius 1 is 1.06 bits per heavy atom. The zero-order valence-corrected chi connectivity index (χ0v) is 19.7. The first kappa shape index (κ1) is 22.5. The van der Waals surface area contributed by atoms with Crippen molar-refractivity contribution in [1.29, 1.82) is 0 Å². The second-order valence-electron chi connectivity index (χ2n) is 8.12. The van der Waals surface area contributed by atoms with Crippen LogP contribution in [0.2, 0.25) is 0 Å². The van der Waals surface area contributed by atoms with E-state index < -0.39 is 0 Å². The minimum Gasteiger partial charge on any atom is -0.494 e. The molecule has 6 nitrogen and oxygen atoms in total. The molecule has 4 rings (SSSR count). The third-order valence-electron chi connectivity index (χ3n) is 5.63. The van der Waals surface area contributed by atoms with Crippen molar-refractivity contribution in [2.45, 2.75) is 20.4 Å². The van der Waals surface area contributed by atoms with Crippen molar-refractivity contribution in [3.05, 3.63) is 64.7 Å². The summed E-state index contributed by atoms with van der Waals surface area (Å²) >= 11 is 1.41. The molecule has 3 aromatic rings. The van der Waals surface area contributed by atoms with Gasteiger partial charge in [-0.15, -0.1) is 11.3 Å². The van der Waals surface area contributed by atoms with Gasteiger partial charge < -0.3 is 15.0 Å². The van der Waals surface area contributed by atoms with Gasteiger partial charge in [0.2, 0.25) is 0 Å². The Bertz CT molecular complexity index is 1040. The molecule has 1 aliphatic heterocycles. The number of rotatable bonds is 7. The molecule has 32 heavy (non-hydrogen) atoms. The molecule has 2 aromatic carbocycles. The second kappa shape index (κ2) is 10.3. The van der Waals surface area contributed by atoms with E-state index in [-0.39, 0.29) is 5.91 Å². The van der Waals surface area contributed by atoms with E-state index >= 15 is 0 Å². The van der Waals surface area contributed by atoms with E-state index in [0.717, 1.165) is 60.4 Å². The molecule has 1 amide bonds. The number of anilines is 1. The van der Waals surface area contributed by atoms with Crippen molar-refractivity contribution < 1.29 is 9.53 Å². The largest absolute Gasteiger partial charge is 0.494 e. The second-order valence-corrected chi connectivity index (χ2v) is 9.12. The third-order valence-corrected chi connectivity index (χ3v) is 6.83. The van der Waals surface area contributed by atoms with Gasteiger partial charge >= 0.3 is 0 Å². The average molecular weight is 451 g/mol. The monoisotopic (exact) mass is 450 g/mol. The molecule has 2 heterocycles. The highest BCUT2D eigenvalue weighted by Gasteiger charge is 2.17. The molecule has 0 radical (unpaired) electrons. The molecule has 0 atom stereocenters. The third kappa shape index (κ3) is 5.54. The fourth-order valence-corrected chi connectivity index (χ4v) is 4.70. The number of carbonyl (C=O) groups excluding carboxylic acids is 1. The van der Waals surface area contributed by atoms with Crippen LogP contribution in [0.5, 0.6) is 5.75 Å². The molecule has 1 saturated heterocycles. The molecule has 0 bridgehead atoms. The minimum atomic E-state index is -0.121. The zero-order valence-electron chi connectivity index (χ0n) is 18.9. The molecule has 1 N–H and O–H groups in total. The van der Waals surface area contributed by atoms with Crippen molar-refractivity contribution in [2.75, 3.05) is 45.2 Å². The fraction of sp³-hybridized carbons (Fsp3) is 0.360. The highest BCUT2D eigenvalue weighted by Crippen LogP contribution is 2.30. The number of likely N-dealkylation sites (N-methyl/N-ethyl adjacent to an activating group) is 1. The standard InChI is InChI=1S/C25H30N4O2S/c1-4-31-22-11-7-20(8-12-22)25-26-18(2)23(32-25)24(30)27-21-9-5-19(6-10-21)17-29-15-13-28(3)14-16-29/h5-12H,4,13-17H2,1-3H3,(H,27,30). The first-order chi connectivity index (χ1) is 15.5. The summed E-state index contributed by atoms with van der Waals surface area (Å²) in [5.74, 6) is 0.711. The molecule has 7 heteroatoms. The number of benzene rings is 2. The van der Waals surface area contributed by atoms with Crippen LogP contribution in [0.1, 0.15) is 27.9 Å². The van der Waals surface area contributed by atoms with Crippen molar-refractivity contribution >= 4 is 22.9 Å². The lowest BCUT2D eigenvalue weighted by atomic mass is 10.1. The van der Waals surface area contributed by atoms with E-state index in [9.17, 15) is 4.79 Å². The van der Waals surface area contributed by atoms with Crippen molar-refractivity contribution in [3.63, 3.8) is 0 Å². The molecule has 0 spiro atoms. The van der Waals surface area contributed by atoms with E-state index in [2.05, 4.69) is 39.3 Å². The van der Waals surface area contributed by atoms with Crippen LogP contribution in [0.4, 0.5) is 5.69 Å². The van der Waals surface area contributed by atoms with E-state index in [1.165, 1.54) is 16.9 Å². The van der Waals surface area contributed by atoms with Crippen LogP contribution < -0.4 is 10.1 Å². The Balaban J connectivity index is 1.38. The number of carbonyl (C=O) groups is 1. The zero-order chi connectivity index (χ0) is 22.5. The number of aryl methyl sites for hydroxylation is 1. The van der Waals surface area contributed by atoms with Crippen molar-refractivity contribution in [2.24, 2.45) is 0 Å². The minimum absolute atomic E-state index is 0.121. The summed E-state index contributed by atoms with van der Waals surface area (Å²) in [5.41, 5.74) is 3.78. The molecule has 0 saturated carbocycles. The number of piperazine rings is 1. The summed E-state index contributed by atoms with van der Waals surface area (Å²) < 4.78 is 5.50. The maximum Gasteiger partial charge on any atom is 0.267 e. The summed E-state index contributed by atoms with van der Waals surface area (Å²) in [4.78, 5) is 23.0. The maximum atomic E-state index is 12.9. The summed E-state index contributed by atoms with van der Waals surface area (Å²) in [7, 11) is 2.17. The number of hydrogen-bond donors (Lipinski definition) is 1. The van der Waals surface area contributed by atoms with Crippen molar-refractivity contribution in [3.8, 4) is 16.3 Å². The Morgan fingerprint density at radius 3 is 2.41 bits per heavy atom. The Hall–Kier alpha value is -2.74. The average Bonchev–Trinajstić information content (AvgIpc) is 3.19. The summed E-state index contributed by atoms with van der Waals surface area (Å²) in [6, 6.07) is 16.0. The van der Waals surface area contributed by atoms with Gasteiger partial charge in [0.05, 0.1) is 12.3 Å². The number of amides is 1. The lowest BCUT2D eigenvalue weighted by Gasteiger charge is -2.32.